The first-order chi connectivity index (χ1) is 13.1. The van der Waals surface area contributed by atoms with E-state index in [4.69, 9.17) is 20.8 Å². The lowest BCUT2D eigenvalue weighted by Gasteiger charge is -2.10. The molecular weight excluding hydrogens is 364 g/mol. The van der Waals surface area contributed by atoms with Crippen LogP contribution in [-0.4, -0.2) is 5.11 Å². The Morgan fingerprint density at radius 1 is 0.963 bits per heavy atom. The number of phenols is 1. The van der Waals surface area contributed by atoms with Crippen LogP contribution in [0.4, 0.5) is 0 Å². The van der Waals surface area contributed by atoms with Crippen LogP contribution in [0.25, 0.3) is 22.3 Å². The van der Waals surface area contributed by atoms with Crippen molar-refractivity contribution in [1.29, 1.82) is 0 Å². The Morgan fingerprint density at radius 2 is 1.70 bits per heavy atom. The highest BCUT2D eigenvalue weighted by Gasteiger charge is 2.13. The summed E-state index contributed by atoms with van der Waals surface area (Å²) in [7, 11) is 0. The SMILES string of the molecule is O=c1cc(-c2ccccc2)oc2cc(OCc3ccccc3Cl)cc(O)c12. The summed E-state index contributed by atoms with van der Waals surface area (Å²) in [5, 5.41) is 11.0. The van der Waals surface area contributed by atoms with Gasteiger partial charge in [0.25, 0.3) is 0 Å². The highest BCUT2D eigenvalue weighted by atomic mass is 35.5. The van der Waals surface area contributed by atoms with Crippen LogP contribution in [0.3, 0.4) is 0 Å². The van der Waals surface area contributed by atoms with Gasteiger partial charge in [-0.15, -0.1) is 0 Å². The van der Waals surface area contributed by atoms with Gasteiger partial charge in [-0.05, 0) is 6.07 Å². The minimum Gasteiger partial charge on any atom is -0.507 e. The van der Waals surface area contributed by atoms with E-state index in [0.717, 1.165) is 11.1 Å². The van der Waals surface area contributed by atoms with E-state index in [9.17, 15) is 9.90 Å². The van der Waals surface area contributed by atoms with Gasteiger partial charge in [-0.2, -0.15) is 0 Å². The molecule has 0 amide bonds. The average molecular weight is 379 g/mol. The molecule has 27 heavy (non-hydrogen) atoms. The zero-order valence-corrected chi connectivity index (χ0v) is 14.9. The van der Waals surface area contributed by atoms with Gasteiger partial charge in [-0.25, -0.2) is 0 Å². The summed E-state index contributed by atoms with van der Waals surface area (Å²) in [6, 6.07) is 21.0. The van der Waals surface area contributed by atoms with E-state index in [1.807, 2.05) is 48.5 Å². The second-order valence-electron chi connectivity index (χ2n) is 6.04. The van der Waals surface area contributed by atoms with E-state index in [0.29, 0.717) is 16.5 Å². The summed E-state index contributed by atoms with van der Waals surface area (Å²) in [6.45, 7) is 0.229. The minimum absolute atomic E-state index is 0.125. The Hall–Kier alpha value is -3.24. The van der Waals surface area contributed by atoms with Gasteiger partial charge in [0.2, 0.25) is 0 Å². The Bertz CT molecular complexity index is 1170. The van der Waals surface area contributed by atoms with Crippen molar-refractivity contribution in [3.8, 4) is 22.8 Å². The summed E-state index contributed by atoms with van der Waals surface area (Å²) in [6.07, 6.45) is 0. The molecule has 0 aliphatic rings. The Kier molecular flexibility index (Phi) is 4.57. The maximum absolute atomic E-state index is 12.5. The van der Waals surface area contributed by atoms with Crippen LogP contribution in [0, 0.1) is 0 Å². The van der Waals surface area contributed by atoms with E-state index < -0.39 is 0 Å². The van der Waals surface area contributed by atoms with Crippen molar-refractivity contribution < 1.29 is 14.3 Å². The first-order valence-corrected chi connectivity index (χ1v) is 8.72. The molecule has 5 heteroatoms. The fourth-order valence-corrected chi connectivity index (χ4v) is 3.04. The predicted molar refractivity (Wildman–Crippen MR) is 105 cm³/mol. The molecule has 4 aromatic rings. The van der Waals surface area contributed by atoms with E-state index in [2.05, 4.69) is 0 Å². The number of hydrogen-bond donors (Lipinski definition) is 1. The second-order valence-corrected chi connectivity index (χ2v) is 6.44. The molecule has 0 radical (unpaired) electrons. The smallest absolute Gasteiger partial charge is 0.197 e. The van der Waals surface area contributed by atoms with Gasteiger partial charge in [0.15, 0.2) is 5.43 Å². The van der Waals surface area contributed by atoms with Crippen molar-refractivity contribution >= 4 is 22.6 Å². The van der Waals surface area contributed by atoms with E-state index in [-0.39, 0.29) is 28.8 Å². The van der Waals surface area contributed by atoms with Crippen LogP contribution in [0.15, 0.2) is 82.0 Å². The van der Waals surface area contributed by atoms with E-state index in [1.54, 1.807) is 12.1 Å². The molecule has 4 nitrogen and oxygen atoms in total. The monoisotopic (exact) mass is 378 g/mol. The molecule has 0 unspecified atom stereocenters. The Balaban J connectivity index is 1.73. The lowest BCUT2D eigenvalue weighted by atomic mass is 10.1. The highest BCUT2D eigenvalue weighted by Crippen LogP contribution is 2.31. The molecule has 0 aliphatic heterocycles. The highest BCUT2D eigenvalue weighted by molar-refractivity contribution is 6.31. The molecule has 0 saturated heterocycles. The van der Waals surface area contributed by atoms with Crippen LogP contribution < -0.4 is 10.2 Å². The molecule has 4 rings (SSSR count). The lowest BCUT2D eigenvalue weighted by Crippen LogP contribution is -2.02. The molecule has 134 valence electrons. The van der Waals surface area contributed by atoms with Gasteiger partial charge in [0.05, 0.1) is 0 Å². The number of halogens is 1. The molecule has 1 aromatic heterocycles. The maximum Gasteiger partial charge on any atom is 0.197 e. The van der Waals surface area contributed by atoms with Crippen molar-refractivity contribution in [1.82, 2.24) is 0 Å². The molecule has 0 bridgehead atoms. The predicted octanol–water partition coefficient (Wildman–Crippen LogP) is 5.40. The number of phenolic OH excluding ortho intramolecular Hbond substituents is 1. The fraction of sp³-hybridized carbons (Fsp3) is 0.0455. The number of hydrogen-bond acceptors (Lipinski definition) is 4. The first kappa shape index (κ1) is 17.2. The largest absolute Gasteiger partial charge is 0.507 e. The third-order valence-electron chi connectivity index (χ3n) is 4.19. The Morgan fingerprint density at radius 3 is 2.48 bits per heavy atom. The summed E-state index contributed by atoms with van der Waals surface area (Å²) in [4.78, 5) is 12.5. The zero-order chi connectivity index (χ0) is 18.8. The van der Waals surface area contributed by atoms with Crippen molar-refractivity contribution in [2.24, 2.45) is 0 Å². The quantitative estimate of drug-likeness (QED) is 0.516. The third kappa shape index (κ3) is 3.52. The molecule has 0 spiro atoms. The molecule has 0 aliphatic carbocycles. The summed E-state index contributed by atoms with van der Waals surface area (Å²) >= 11 is 6.14. The van der Waals surface area contributed by atoms with Gasteiger partial charge in [0.1, 0.15) is 34.8 Å². The topological polar surface area (TPSA) is 59.7 Å². The standard InChI is InChI=1S/C22H15ClO4/c23-17-9-5-4-8-15(17)13-26-16-10-18(24)22-19(25)12-20(27-21(22)11-16)14-6-2-1-3-7-14/h1-12,24H,13H2. The summed E-state index contributed by atoms with van der Waals surface area (Å²) in [5.41, 5.74) is 1.54. The van der Waals surface area contributed by atoms with Gasteiger partial charge >= 0.3 is 0 Å². The van der Waals surface area contributed by atoms with Crippen molar-refractivity contribution in [3.05, 3.63) is 93.6 Å². The van der Waals surface area contributed by atoms with Gasteiger partial charge in [0, 0.05) is 34.3 Å². The first-order valence-electron chi connectivity index (χ1n) is 8.34. The van der Waals surface area contributed by atoms with Gasteiger partial charge in [-0.1, -0.05) is 60.1 Å². The normalized spacial score (nSPS) is 10.9. The molecule has 3 aromatic carbocycles. The van der Waals surface area contributed by atoms with Crippen LogP contribution in [0.1, 0.15) is 5.56 Å². The minimum atomic E-state index is -0.315. The van der Waals surface area contributed by atoms with E-state index in [1.165, 1.54) is 12.1 Å². The molecule has 0 saturated carbocycles. The second kappa shape index (κ2) is 7.17. The lowest BCUT2D eigenvalue weighted by molar-refractivity contribution is 0.304. The summed E-state index contributed by atoms with van der Waals surface area (Å²) in [5.74, 6) is 0.624. The fourth-order valence-electron chi connectivity index (χ4n) is 2.85. The van der Waals surface area contributed by atoms with Crippen LogP contribution in [-0.2, 0) is 6.61 Å². The number of rotatable bonds is 4. The molecule has 0 fully saturated rings. The van der Waals surface area contributed by atoms with E-state index >= 15 is 0 Å². The molecular formula is C22H15ClO4. The van der Waals surface area contributed by atoms with Crippen molar-refractivity contribution in [3.63, 3.8) is 0 Å². The van der Waals surface area contributed by atoms with Crippen molar-refractivity contribution in [2.75, 3.05) is 0 Å². The molecule has 1 N–H and O–H groups in total. The van der Waals surface area contributed by atoms with Gasteiger partial charge < -0.3 is 14.3 Å². The maximum atomic E-state index is 12.5. The van der Waals surface area contributed by atoms with Crippen LogP contribution in [0.2, 0.25) is 5.02 Å². The Labute approximate surface area is 160 Å². The van der Waals surface area contributed by atoms with Crippen LogP contribution in [0.5, 0.6) is 11.5 Å². The summed E-state index contributed by atoms with van der Waals surface area (Å²) < 4.78 is 11.6. The average Bonchev–Trinajstić information content (AvgIpc) is 2.67. The number of fused-ring (bicyclic) bond motifs is 1. The number of aromatic hydroxyl groups is 1. The molecule has 1 heterocycles. The molecule has 0 atom stereocenters. The van der Waals surface area contributed by atoms with Crippen molar-refractivity contribution in [2.45, 2.75) is 6.61 Å². The third-order valence-corrected chi connectivity index (χ3v) is 4.56. The zero-order valence-electron chi connectivity index (χ0n) is 14.2. The number of ether oxygens (including phenoxy) is 1. The van der Waals surface area contributed by atoms with Crippen LogP contribution >= 0.6 is 11.6 Å². The number of benzene rings is 3. The van der Waals surface area contributed by atoms with Gasteiger partial charge in [-0.3, -0.25) is 4.79 Å².